The summed E-state index contributed by atoms with van der Waals surface area (Å²) >= 11 is 1.90. The van der Waals surface area contributed by atoms with Gasteiger partial charge in [0, 0.05) is 64.9 Å². The van der Waals surface area contributed by atoms with Crippen molar-refractivity contribution in [2.75, 3.05) is 0 Å². The van der Waals surface area contributed by atoms with E-state index < -0.39 is 0 Å². The van der Waals surface area contributed by atoms with E-state index >= 15 is 0 Å². The molecule has 0 N–H and O–H groups in total. The Morgan fingerprint density at radius 1 is 0.308 bits per heavy atom. The lowest BCUT2D eigenvalue weighted by Gasteiger charge is -2.44. The van der Waals surface area contributed by atoms with Crippen LogP contribution in [0.2, 0.25) is 0 Å². The summed E-state index contributed by atoms with van der Waals surface area (Å²) < 4.78 is 7.65. The van der Waals surface area contributed by atoms with E-state index in [-0.39, 0.29) is 11.8 Å². The monoisotopic (exact) mass is 842 g/mol. The second-order valence-electron chi connectivity index (χ2n) is 17.9. The van der Waals surface area contributed by atoms with Crippen LogP contribution in [-0.2, 0) is 0 Å². The van der Waals surface area contributed by atoms with Crippen molar-refractivity contribution in [3.05, 3.63) is 252 Å². The Balaban J connectivity index is 1.09. The largest absolute Gasteiger partial charge is 0.309 e. The van der Waals surface area contributed by atoms with E-state index in [4.69, 9.17) is 0 Å². The van der Waals surface area contributed by atoms with Gasteiger partial charge in [0.15, 0.2) is 0 Å². The van der Waals surface area contributed by atoms with E-state index in [0.29, 0.717) is 0 Å². The molecule has 0 spiro atoms. The Hall–Kier alpha value is -7.98. The average Bonchev–Trinajstić information content (AvgIpc) is 4.04. The molecular formula is C62H38N2S. The molecule has 3 aliphatic rings. The van der Waals surface area contributed by atoms with Crippen LogP contribution in [-0.4, -0.2) is 9.13 Å². The first-order chi connectivity index (χ1) is 32.3. The third kappa shape index (κ3) is 4.83. The van der Waals surface area contributed by atoms with E-state index in [0.717, 1.165) is 11.4 Å². The maximum absolute atomic E-state index is 2.49. The first kappa shape index (κ1) is 35.5. The number of rotatable bonds is 4. The lowest BCUT2D eigenvalue weighted by molar-refractivity contribution is 0.758. The summed E-state index contributed by atoms with van der Waals surface area (Å²) in [5, 5.41) is 7.72. The summed E-state index contributed by atoms with van der Waals surface area (Å²) in [5.41, 5.74) is 20.8. The number of thiophene rings is 1. The van der Waals surface area contributed by atoms with Gasteiger partial charge in [-0.25, -0.2) is 0 Å². The van der Waals surface area contributed by atoms with Crippen LogP contribution < -0.4 is 0 Å². The molecule has 0 fully saturated rings. The summed E-state index contributed by atoms with van der Waals surface area (Å²) in [5.74, 6) is 0.166. The molecule has 0 radical (unpaired) electrons. The second kappa shape index (κ2) is 13.3. The zero-order chi connectivity index (χ0) is 42.3. The van der Waals surface area contributed by atoms with Gasteiger partial charge < -0.3 is 9.13 Å². The molecule has 3 heterocycles. The van der Waals surface area contributed by atoms with E-state index in [1.807, 2.05) is 11.3 Å². The molecule has 3 aliphatic carbocycles. The van der Waals surface area contributed by atoms with Crippen molar-refractivity contribution in [2.45, 2.75) is 11.8 Å². The summed E-state index contributed by atoms with van der Waals surface area (Å²) in [4.78, 5) is 0. The third-order valence-electron chi connectivity index (χ3n) is 14.7. The Labute approximate surface area is 379 Å². The quantitative estimate of drug-likeness (QED) is 0.167. The predicted molar refractivity (Wildman–Crippen MR) is 274 cm³/mol. The van der Waals surface area contributed by atoms with Gasteiger partial charge >= 0.3 is 0 Å². The molecule has 0 aliphatic heterocycles. The maximum atomic E-state index is 2.49. The van der Waals surface area contributed by atoms with Crippen LogP contribution in [0.5, 0.6) is 0 Å². The lowest BCUT2D eigenvalue weighted by atomic mass is 9.58. The highest BCUT2D eigenvalue weighted by Gasteiger charge is 2.44. The standard InChI is InChI=1S/C62H38N2S/c1-3-22-48-46(20-1)59-47-21-2-4-23-49(47)60(48)62-50(45-25-15-31-57-58(45)51-24-9-14-30-56(51)65-57)33-32-40(61(59)62)37-34-38(63-52-26-10-5-16-41(52)42-17-6-11-27-53(42)63)36-39(35-37)64-54-28-12-7-18-43(54)44-19-8-13-29-55(44)64/h1-36,59-60H. The van der Waals surface area contributed by atoms with Crippen molar-refractivity contribution < 1.29 is 0 Å². The Bertz CT molecular complexity index is 3870. The first-order valence-electron chi connectivity index (χ1n) is 22.7. The maximum Gasteiger partial charge on any atom is 0.0541 e. The zero-order valence-electron chi connectivity index (χ0n) is 35.2. The molecule has 0 atom stereocenters. The minimum Gasteiger partial charge on any atom is -0.309 e. The summed E-state index contributed by atoms with van der Waals surface area (Å²) in [6, 6.07) is 82.3. The fraction of sp³-hybridized carbons (Fsp3) is 0.0323. The van der Waals surface area contributed by atoms with Gasteiger partial charge in [-0.15, -0.1) is 11.3 Å². The van der Waals surface area contributed by atoms with E-state index in [9.17, 15) is 0 Å². The normalized spacial score (nSPS) is 15.1. The number of benzene rings is 10. The van der Waals surface area contributed by atoms with Crippen molar-refractivity contribution in [3.8, 4) is 33.6 Å². The molecule has 65 heavy (non-hydrogen) atoms. The van der Waals surface area contributed by atoms with Gasteiger partial charge in [-0.2, -0.15) is 0 Å². The highest BCUT2D eigenvalue weighted by atomic mass is 32.1. The van der Waals surface area contributed by atoms with Crippen molar-refractivity contribution in [1.29, 1.82) is 0 Å². The van der Waals surface area contributed by atoms with Crippen LogP contribution in [0.15, 0.2) is 218 Å². The average molecular weight is 843 g/mol. The topological polar surface area (TPSA) is 9.86 Å². The molecule has 0 amide bonds. The van der Waals surface area contributed by atoms with Gasteiger partial charge in [-0.1, -0.05) is 164 Å². The number of aromatic nitrogens is 2. The van der Waals surface area contributed by atoms with E-state index in [1.165, 1.54) is 119 Å². The summed E-state index contributed by atoms with van der Waals surface area (Å²) in [6.07, 6.45) is 0. The van der Waals surface area contributed by atoms with Gasteiger partial charge in [0.05, 0.1) is 22.1 Å². The van der Waals surface area contributed by atoms with Gasteiger partial charge in [-0.05, 0) is 110 Å². The van der Waals surface area contributed by atoms with Crippen LogP contribution in [0.3, 0.4) is 0 Å². The third-order valence-corrected chi connectivity index (χ3v) is 15.8. The van der Waals surface area contributed by atoms with E-state index in [1.54, 1.807) is 0 Å². The molecular weight excluding hydrogens is 805 g/mol. The molecule has 3 heteroatoms. The summed E-state index contributed by atoms with van der Waals surface area (Å²) in [7, 11) is 0. The van der Waals surface area contributed by atoms with Crippen molar-refractivity contribution in [1.82, 2.24) is 9.13 Å². The Morgan fingerprint density at radius 2 is 0.708 bits per heavy atom. The minimum absolute atomic E-state index is 0.0735. The molecule has 2 nitrogen and oxygen atoms in total. The van der Waals surface area contributed by atoms with Gasteiger partial charge in [0.2, 0.25) is 0 Å². The molecule has 302 valence electrons. The van der Waals surface area contributed by atoms with Crippen molar-refractivity contribution >= 4 is 75.1 Å². The molecule has 13 aromatic rings. The van der Waals surface area contributed by atoms with E-state index in [2.05, 4.69) is 228 Å². The van der Waals surface area contributed by atoms with Gasteiger partial charge in [-0.3, -0.25) is 0 Å². The van der Waals surface area contributed by atoms with Crippen molar-refractivity contribution in [3.63, 3.8) is 0 Å². The number of hydrogen-bond donors (Lipinski definition) is 0. The first-order valence-corrected chi connectivity index (χ1v) is 23.5. The molecule has 0 unspecified atom stereocenters. The number of fused-ring (bicyclic) bond motifs is 9. The molecule has 16 rings (SSSR count). The number of hydrogen-bond acceptors (Lipinski definition) is 1. The fourth-order valence-electron chi connectivity index (χ4n) is 12.2. The molecule has 2 bridgehead atoms. The molecule has 0 saturated carbocycles. The Kier molecular flexibility index (Phi) is 7.25. The van der Waals surface area contributed by atoms with Crippen LogP contribution in [0.1, 0.15) is 45.2 Å². The molecule has 3 aromatic heterocycles. The fourth-order valence-corrected chi connectivity index (χ4v) is 13.3. The molecule has 0 saturated heterocycles. The number of nitrogens with zero attached hydrogens (tertiary/aromatic N) is 2. The SMILES string of the molecule is c1ccc2c(c1)C1c3ccccc3C2c2c(-c3cccc4sc5ccccc5c34)ccc(-c3cc(-n4c5ccccc5c5ccccc54)cc(-n4c5ccccc5c5ccccc54)c3)c21. The Morgan fingerprint density at radius 3 is 1.22 bits per heavy atom. The van der Waals surface area contributed by atoms with Gasteiger partial charge in [0.1, 0.15) is 0 Å². The van der Waals surface area contributed by atoms with Crippen LogP contribution in [0.4, 0.5) is 0 Å². The highest BCUT2D eigenvalue weighted by molar-refractivity contribution is 7.25. The number of para-hydroxylation sites is 4. The smallest absolute Gasteiger partial charge is 0.0541 e. The second-order valence-corrected chi connectivity index (χ2v) is 19.0. The van der Waals surface area contributed by atoms with Gasteiger partial charge in [0.25, 0.3) is 0 Å². The van der Waals surface area contributed by atoms with Crippen LogP contribution in [0.25, 0.3) is 97.4 Å². The van der Waals surface area contributed by atoms with Crippen LogP contribution >= 0.6 is 11.3 Å². The lowest BCUT2D eigenvalue weighted by Crippen LogP contribution is -2.28. The minimum atomic E-state index is 0.0735. The highest BCUT2D eigenvalue weighted by Crippen LogP contribution is 2.60. The summed E-state index contributed by atoms with van der Waals surface area (Å²) in [6.45, 7) is 0. The van der Waals surface area contributed by atoms with Crippen molar-refractivity contribution in [2.24, 2.45) is 0 Å². The molecule has 10 aromatic carbocycles. The zero-order valence-corrected chi connectivity index (χ0v) is 36.1. The van der Waals surface area contributed by atoms with Crippen LogP contribution in [0, 0.1) is 0 Å². The predicted octanol–water partition coefficient (Wildman–Crippen LogP) is 16.6.